The zero-order valence-corrected chi connectivity index (χ0v) is 10.3. The van der Waals surface area contributed by atoms with Gasteiger partial charge in [0, 0.05) is 7.11 Å². The van der Waals surface area contributed by atoms with Gasteiger partial charge in [-0.05, 0) is 36.1 Å². The molecule has 0 fully saturated rings. The van der Waals surface area contributed by atoms with Gasteiger partial charge in [0.2, 0.25) is 0 Å². The molecule has 0 spiro atoms. The van der Waals surface area contributed by atoms with E-state index in [0.29, 0.717) is 19.8 Å². The number of ether oxygens (including phenoxy) is 2. The van der Waals surface area contributed by atoms with Crippen molar-refractivity contribution in [2.24, 2.45) is 0 Å². The number of hydrogen-bond acceptors (Lipinski definition) is 2. The standard InChI is InChI=1S/C14H21O2/c1-3-4-7-13-8-5-6-9-14(13)12-16-11-10-15-2/h5,8-9H,3-4,7,10-12H2,1-2H3. The maximum atomic E-state index is 5.54. The molecule has 0 aliphatic heterocycles. The van der Waals surface area contributed by atoms with Crippen molar-refractivity contribution in [3.05, 3.63) is 35.4 Å². The second-order valence-corrected chi connectivity index (χ2v) is 3.84. The Morgan fingerprint density at radius 3 is 2.88 bits per heavy atom. The minimum atomic E-state index is 0.651. The van der Waals surface area contributed by atoms with Crippen molar-refractivity contribution in [2.45, 2.75) is 32.8 Å². The van der Waals surface area contributed by atoms with Crippen LogP contribution >= 0.6 is 0 Å². The molecule has 0 amide bonds. The zero-order valence-electron chi connectivity index (χ0n) is 10.3. The molecule has 1 radical (unpaired) electrons. The lowest BCUT2D eigenvalue weighted by Crippen LogP contribution is -2.03. The highest BCUT2D eigenvalue weighted by Crippen LogP contribution is 2.12. The summed E-state index contributed by atoms with van der Waals surface area (Å²) in [7, 11) is 1.69. The predicted octanol–water partition coefficient (Wildman–Crippen LogP) is 2.99. The van der Waals surface area contributed by atoms with Crippen molar-refractivity contribution in [2.75, 3.05) is 20.3 Å². The van der Waals surface area contributed by atoms with Crippen LogP contribution in [0.15, 0.2) is 18.2 Å². The fraction of sp³-hybridized carbons (Fsp3) is 0.571. The van der Waals surface area contributed by atoms with E-state index in [9.17, 15) is 0 Å². The first kappa shape index (κ1) is 13.2. The van der Waals surface area contributed by atoms with Gasteiger partial charge < -0.3 is 9.47 Å². The zero-order chi connectivity index (χ0) is 11.6. The lowest BCUT2D eigenvalue weighted by molar-refractivity contribution is 0.0613. The van der Waals surface area contributed by atoms with Gasteiger partial charge in [-0.15, -0.1) is 0 Å². The summed E-state index contributed by atoms with van der Waals surface area (Å²) in [5, 5.41) is 0. The smallest absolute Gasteiger partial charge is 0.0720 e. The molecule has 0 atom stereocenters. The monoisotopic (exact) mass is 221 g/mol. The van der Waals surface area contributed by atoms with Crippen LogP contribution in [0, 0.1) is 6.07 Å². The molecule has 2 nitrogen and oxygen atoms in total. The van der Waals surface area contributed by atoms with Crippen LogP contribution in [0.4, 0.5) is 0 Å². The van der Waals surface area contributed by atoms with Gasteiger partial charge in [-0.2, -0.15) is 0 Å². The first-order valence-corrected chi connectivity index (χ1v) is 5.93. The van der Waals surface area contributed by atoms with E-state index in [1.54, 1.807) is 7.11 Å². The minimum Gasteiger partial charge on any atom is -0.382 e. The highest BCUT2D eigenvalue weighted by Gasteiger charge is 2.01. The van der Waals surface area contributed by atoms with Gasteiger partial charge in [-0.25, -0.2) is 0 Å². The van der Waals surface area contributed by atoms with Crippen molar-refractivity contribution >= 4 is 0 Å². The fourth-order valence-corrected chi connectivity index (χ4v) is 1.57. The third kappa shape index (κ3) is 4.77. The van der Waals surface area contributed by atoms with E-state index >= 15 is 0 Å². The minimum absolute atomic E-state index is 0.651. The predicted molar refractivity (Wildman–Crippen MR) is 65.4 cm³/mol. The summed E-state index contributed by atoms with van der Waals surface area (Å²) in [6, 6.07) is 9.25. The number of hydrogen-bond donors (Lipinski definition) is 0. The summed E-state index contributed by atoms with van der Waals surface area (Å²) < 4.78 is 10.5. The number of benzene rings is 1. The van der Waals surface area contributed by atoms with Crippen LogP contribution in [-0.4, -0.2) is 20.3 Å². The van der Waals surface area contributed by atoms with Crippen molar-refractivity contribution in [1.82, 2.24) is 0 Å². The fourth-order valence-electron chi connectivity index (χ4n) is 1.57. The summed E-state index contributed by atoms with van der Waals surface area (Å²) in [5.41, 5.74) is 2.64. The summed E-state index contributed by atoms with van der Waals surface area (Å²) in [6.07, 6.45) is 3.59. The van der Waals surface area contributed by atoms with E-state index in [2.05, 4.69) is 19.1 Å². The summed E-state index contributed by atoms with van der Waals surface area (Å²) >= 11 is 0. The van der Waals surface area contributed by atoms with Crippen LogP contribution in [0.3, 0.4) is 0 Å². The van der Waals surface area contributed by atoms with Crippen LogP contribution in [0.25, 0.3) is 0 Å². The molecule has 2 heteroatoms. The molecule has 0 saturated heterocycles. The van der Waals surface area contributed by atoms with Crippen molar-refractivity contribution in [3.63, 3.8) is 0 Å². The molecule has 1 aromatic rings. The second kappa shape index (κ2) is 8.31. The van der Waals surface area contributed by atoms with Crippen LogP contribution in [0.5, 0.6) is 0 Å². The lowest BCUT2D eigenvalue weighted by atomic mass is 10.0. The quantitative estimate of drug-likeness (QED) is 0.628. The van der Waals surface area contributed by atoms with Crippen LogP contribution in [0.1, 0.15) is 30.9 Å². The molecule has 0 N–H and O–H groups in total. The van der Waals surface area contributed by atoms with Crippen molar-refractivity contribution in [1.29, 1.82) is 0 Å². The summed E-state index contributed by atoms with van der Waals surface area (Å²) in [4.78, 5) is 0. The molecule has 0 heterocycles. The largest absolute Gasteiger partial charge is 0.382 e. The molecule has 0 aliphatic rings. The average molecular weight is 221 g/mol. The van der Waals surface area contributed by atoms with Gasteiger partial charge in [0.15, 0.2) is 0 Å². The van der Waals surface area contributed by atoms with Gasteiger partial charge in [0.1, 0.15) is 0 Å². The molecule has 0 bridgehead atoms. The Hall–Kier alpha value is -0.860. The molecule has 89 valence electrons. The molecular formula is C14H21O2. The van der Waals surface area contributed by atoms with Crippen molar-refractivity contribution in [3.8, 4) is 0 Å². The Balaban J connectivity index is 2.43. The van der Waals surface area contributed by atoms with Gasteiger partial charge in [-0.3, -0.25) is 0 Å². The average Bonchev–Trinajstić information content (AvgIpc) is 2.33. The molecule has 0 unspecified atom stereocenters. The number of rotatable bonds is 8. The lowest BCUT2D eigenvalue weighted by Gasteiger charge is -2.09. The maximum absolute atomic E-state index is 5.54. The SMILES string of the molecule is CCCCc1cc[c]cc1COCCOC. The van der Waals surface area contributed by atoms with Gasteiger partial charge >= 0.3 is 0 Å². The first-order valence-electron chi connectivity index (χ1n) is 5.93. The molecule has 1 aromatic carbocycles. The summed E-state index contributed by atoms with van der Waals surface area (Å²) in [5.74, 6) is 0. The highest BCUT2D eigenvalue weighted by molar-refractivity contribution is 5.25. The van der Waals surface area contributed by atoms with E-state index in [1.165, 1.54) is 24.0 Å². The third-order valence-electron chi connectivity index (χ3n) is 2.54. The molecule has 0 saturated carbocycles. The van der Waals surface area contributed by atoms with Gasteiger partial charge in [-0.1, -0.05) is 25.5 Å². The number of aryl methyl sites for hydroxylation is 1. The molecule has 0 aliphatic carbocycles. The molecular weight excluding hydrogens is 200 g/mol. The normalized spacial score (nSPS) is 10.6. The second-order valence-electron chi connectivity index (χ2n) is 3.84. The molecule has 1 rings (SSSR count). The van der Waals surface area contributed by atoms with Gasteiger partial charge in [0.05, 0.1) is 19.8 Å². The van der Waals surface area contributed by atoms with E-state index in [-0.39, 0.29) is 0 Å². The Bertz CT molecular complexity index is 284. The third-order valence-corrected chi connectivity index (χ3v) is 2.54. The topological polar surface area (TPSA) is 18.5 Å². The van der Waals surface area contributed by atoms with Crippen molar-refractivity contribution < 1.29 is 9.47 Å². The van der Waals surface area contributed by atoms with E-state index < -0.39 is 0 Å². The van der Waals surface area contributed by atoms with Crippen LogP contribution in [-0.2, 0) is 22.5 Å². The number of unbranched alkanes of at least 4 members (excludes halogenated alkanes) is 1. The molecule has 16 heavy (non-hydrogen) atoms. The Morgan fingerprint density at radius 1 is 1.25 bits per heavy atom. The Labute approximate surface area is 98.6 Å². The van der Waals surface area contributed by atoms with Crippen LogP contribution in [0.2, 0.25) is 0 Å². The first-order chi connectivity index (χ1) is 7.88. The van der Waals surface area contributed by atoms with E-state index in [0.717, 1.165) is 6.42 Å². The Kier molecular flexibility index (Phi) is 6.86. The maximum Gasteiger partial charge on any atom is 0.0720 e. The molecule has 0 aromatic heterocycles. The highest BCUT2D eigenvalue weighted by atomic mass is 16.5. The Morgan fingerprint density at radius 2 is 2.12 bits per heavy atom. The summed E-state index contributed by atoms with van der Waals surface area (Å²) in [6.45, 7) is 4.18. The van der Waals surface area contributed by atoms with Gasteiger partial charge in [0.25, 0.3) is 0 Å². The van der Waals surface area contributed by atoms with Crippen LogP contribution < -0.4 is 0 Å². The van der Waals surface area contributed by atoms with E-state index in [1.807, 2.05) is 12.1 Å². The number of methoxy groups -OCH3 is 1. The van der Waals surface area contributed by atoms with E-state index in [4.69, 9.17) is 9.47 Å².